The van der Waals surface area contributed by atoms with Gasteiger partial charge in [-0.3, -0.25) is 19.1 Å². The number of aryl methyl sites for hydroxylation is 1. The number of rotatable bonds is 7. The highest BCUT2D eigenvalue weighted by Gasteiger charge is 2.23. The van der Waals surface area contributed by atoms with Crippen LogP contribution in [0.4, 0.5) is 5.69 Å². The van der Waals surface area contributed by atoms with Crippen LogP contribution in [0.5, 0.6) is 0 Å². The lowest BCUT2D eigenvalue weighted by Gasteiger charge is -2.29. The van der Waals surface area contributed by atoms with Crippen molar-refractivity contribution in [3.05, 3.63) is 68.0 Å². The summed E-state index contributed by atoms with van der Waals surface area (Å²) in [5, 5.41) is 0.155. The zero-order valence-electron chi connectivity index (χ0n) is 20.8. The van der Waals surface area contributed by atoms with Gasteiger partial charge in [-0.2, -0.15) is 0 Å². The van der Waals surface area contributed by atoms with Gasteiger partial charge in [0.15, 0.2) is 5.65 Å². The molecule has 0 bridgehead atoms. The number of pyridine rings is 1. The highest BCUT2D eigenvalue weighted by molar-refractivity contribution is 6.05. The maximum absolute atomic E-state index is 13.6. The third-order valence-electron chi connectivity index (χ3n) is 6.32. The van der Waals surface area contributed by atoms with Gasteiger partial charge in [-0.15, -0.1) is 0 Å². The standard InChI is InChI=1S/C26H33N5O4/c1-5-10-31-23-22(24(32)28-26(31)34)20(15-21(27-23)17(2)3)25(33)29(4)16-18-6-8-19(9-7-18)30-11-13-35-14-12-30/h6-9,15,17H,5,10-14,16H2,1-4H3,(H,28,32,34). The van der Waals surface area contributed by atoms with Crippen LogP contribution in [0, 0.1) is 0 Å². The van der Waals surface area contributed by atoms with E-state index in [4.69, 9.17) is 4.74 Å². The molecule has 1 fully saturated rings. The van der Waals surface area contributed by atoms with Crippen molar-refractivity contribution in [3.63, 3.8) is 0 Å². The molecule has 0 atom stereocenters. The summed E-state index contributed by atoms with van der Waals surface area (Å²) < 4.78 is 6.87. The maximum Gasteiger partial charge on any atom is 0.329 e. The molecule has 0 unspecified atom stereocenters. The number of fused-ring (bicyclic) bond motifs is 1. The molecule has 3 aromatic rings. The highest BCUT2D eigenvalue weighted by Crippen LogP contribution is 2.22. The van der Waals surface area contributed by atoms with Gasteiger partial charge < -0.3 is 14.5 Å². The molecule has 1 aromatic carbocycles. The molecular weight excluding hydrogens is 446 g/mol. The Kier molecular flexibility index (Phi) is 7.35. The van der Waals surface area contributed by atoms with Crippen LogP contribution < -0.4 is 16.1 Å². The van der Waals surface area contributed by atoms with Crippen molar-refractivity contribution in [2.45, 2.75) is 46.2 Å². The van der Waals surface area contributed by atoms with Gasteiger partial charge in [-0.05, 0) is 36.1 Å². The second-order valence-electron chi connectivity index (χ2n) is 9.29. The topological polar surface area (TPSA) is 101 Å². The number of anilines is 1. The fourth-order valence-electron chi connectivity index (χ4n) is 4.37. The number of aromatic amines is 1. The minimum atomic E-state index is -0.591. The van der Waals surface area contributed by atoms with Gasteiger partial charge in [-0.1, -0.05) is 32.9 Å². The van der Waals surface area contributed by atoms with E-state index < -0.39 is 11.2 Å². The lowest BCUT2D eigenvalue weighted by molar-refractivity contribution is 0.0786. The lowest BCUT2D eigenvalue weighted by Crippen LogP contribution is -2.36. The van der Waals surface area contributed by atoms with Crippen molar-refractivity contribution in [2.24, 2.45) is 0 Å². The fraction of sp³-hybridized carbons (Fsp3) is 0.462. The second kappa shape index (κ2) is 10.4. The number of H-pyrrole nitrogens is 1. The number of morpholine rings is 1. The molecule has 1 amide bonds. The Bertz CT molecular complexity index is 1320. The van der Waals surface area contributed by atoms with Gasteiger partial charge in [0.2, 0.25) is 0 Å². The number of amides is 1. The van der Waals surface area contributed by atoms with E-state index in [1.165, 1.54) is 4.57 Å². The Hall–Kier alpha value is -3.46. The molecule has 9 nitrogen and oxygen atoms in total. The summed E-state index contributed by atoms with van der Waals surface area (Å²) in [6.07, 6.45) is 0.693. The SMILES string of the molecule is CCCn1c(=O)[nH]c(=O)c2c(C(=O)N(C)Cc3ccc(N4CCOCC4)cc3)cc(C(C)C)nc21. The van der Waals surface area contributed by atoms with Crippen LogP contribution in [-0.2, 0) is 17.8 Å². The smallest absolute Gasteiger partial charge is 0.329 e. The number of benzene rings is 1. The monoisotopic (exact) mass is 479 g/mol. The van der Waals surface area contributed by atoms with Crippen molar-refractivity contribution in [1.29, 1.82) is 0 Å². The van der Waals surface area contributed by atoms with Crippen molar-refractivity contribution in [2.75, 3.05) is 38.3 Å². The molecule has 1 aliphatic rings. The number of carbonyl (C=O) groups is 1. The van der Waals surface area contributed by atoms with E-state index in [1.807, 2.05) is 32.9 Å². The molecule has 1 aliphatic heterocycles. The van der Waals surface area contributed by atoms with Crippen LogP contribution in [0.25, 0.3) is 11.0 Å². The molecule has 0 radical (unpaired) electrons. The minimum absolute atomic E-state index is 0.0217. The van der Waals surface area contributed by atoms with Crippen LogP contribution in [0.2, 0.25) is 0 Å². The lowest BCUT2D eigenvalue weighted by atomic mass is 10.0. The highest BCUT2D eigenvalue weighted by atomic mass is 16.5. The quantitative estimate of drug-likeness (QED) is 0.559. The number of nitrogens with zero attached hydrogens (tertiary/aromatic N) is 4. The van der Waals surface area contributed by atoms with Crippen molar-refractivity contribution in [1.82, 2.24) is 19.4 Å². The van der Waals surface area contributed by atoms with Crippen LogP contribution in [0.3, 0.4) is 0 Å². The van der Waals surface area contributed by atoms with Crippen molar-refractivity contribution >= 4 is 22.6 Å². The zero-order valence-corrected chi connectivity index (χ0v) is 20.8. The summed E-state index contributed by atoms with van der Waals surface area (Å²) >= 11 is 0. The van der Waals surface area contributed by atoms with Crippen LogP contribution in [0.15, 0.2) is 39.9 Å². The van der Waals surface area contributed by atoms with Crippen LogP contribution in [-0.4, -0.2) is 58.7 Å². The second-order valence-corrected chi connectivity index (χ2v) is 9.29. The minimum Gasteiger partial charge on any atom is -0.378 e. The maximum atomic E-state index is 13.6. The van der Waals surface area contributed by atoms with Crippen LogP contribution in [0.1, 0.15) is 54.7 Å². The third kappa shape index (κ3) is 5.14. The summed E-state index contributed by atoms with van der Waals surface area (Å²) in [4.78, 5) is 49.8. The molecule has 186 valence electrons. The van der Waals surface area contributed by atoms with Gasteiger partial charge in [0.05, 0.1) is 24.2 Å². The summed E-state index contributed by atoms with van der Waals surface area (Å²) in [6.45, 7) is 9.85. The Balaban J connectivity index is 1.67. The first-order valence-electron chi connectivity index (χ1n) is 12.1. The van der Waals surface area contributed by atoms with E-state index in [0.29, 0.717) is 25.2 Å². The molecule has 1 saturated heterocycles. The summed E-state index contributed by atoms with van der Waals surface area (Å²) in [7, 11) is 1.72. The van der Waals surface area contributed by atoms with Gasteiger partial charge in [0.1, 0.15) is 0 Å². The van der Waals surface area contributed by atoms with Gasteiger partial charge in [0.25, 0.3) is 11.5 Å². The number of carbonyl (C=O) groups excluding carboxylic acids is 1. The Morgan fingerprint density at radius 3 is 2.49 bits per heavy atom. The van der Waals surface area contributed by atoms with E-state index in [1.54, 1.807) is 18.0 Å². The van der Waals surface area contributed by atoms with Crippen molar-refractivity contribution < 1.29 is 9.53 Å². The van der Waals surface area contributed by atoms with E-state index in [0.717, 1.165) is 37.6 Å². The zero-order chi connectivity index (χ0) is 25.1. The van der Waals surface area contributed by atoms with E-state index >= 15 is 0 Å². The number of ether oxygens (including phenoxy) is 1. The van der Waals surface area contributed by atoms with Gasteiger partial charge >= 0.3 is 5.69 Å². The molecule has 2 aromatic heterocycles. The van der Waals surface area contributed by atoms with E-state index in [2.05, 4.69) is 27.0 Å². The largest absolute Gasteiger partial charge is 0.378 e. The average Bonchev–Trinajstić information content (AvgIpc) is 2.86. The summed E-state index contributed by atoms with van der Waals surface area (Å²) in [5.41, 5.74) is 2.21. The molecular formula is C26H33N5O4. The summed E-state index contributed by atoms with van der Waals surface area (Å²) in [5.74, 6) is -0.266. The first-order valence-corrected chi connectivity index (χ1v) is 12.1. The molecule has 9 heteroatoms. The van der Waals surface area contributed by atoms with E-state index in [9.17, 15) is 14.4 Å². The first kappa shape index (κ1) is 24.7. The molecule has 4 rings (SSSR count). The number of aromatic nitrogens is 3. The van der Waals surface area contributed by atoms with Crippen LogP contribution >= 0.6 is 0 Å². The molecule has 35 heavy (non-hydrogen) atoms. The predicted molar refractivity (Wildman–Crippen MR) is 136 cm³/mol. The van der Waals surface area contributed by atoms with Crippen molar-refractivity contribution in [3.8, 4) is 0 Å². The normalized spacial score (nSPS) is 14.0. The predicted octanol–water partition coefficient (Wildman–Crippen LogP) is 2.73. The average molecular weight is 480 g/mol. The molecule has 1 N–H and O–H groups in total. The summed E-state index contributed by atoms with van der Waals surface area (Å²) in [6, 6.07) is 9.84. The van der Waals surface area contributed by atoms with E-state index in [-0.39, 0.29) is 28.4 Å². The van der Waals surface area contributed by atoms with Gasteiger partial charge in [-0.25, -0.2) is 9.78 Å². The molecule has 0 spiro atoms. The van der Waals surface area contributed by atoms with Gasteiger partial charge in [0, 0.05) is 44.6 Å². The molecule has 0 aliphatic carbocycles. The Labute approximate surface area is 204 Å². The fourth-order valence-corrected chi connectivity index (χ4v) is 4.37. The number of hydrogen-bond donors (Lipinski definition) is 1. The first-order chi connectivity index (χ1) is 16.8. The Morgan fingerprint density at radius 1 is 1.17 bits per heavy atom. The third-order valence-corrected chi connectivity index (χ3v) is 6.32. The Morgan fingerprint density at radius 2 is 1.86 bits per heavy atom. The number of hydrogen-bond acceptors (Lipinski definition) is 6. The molecule has 0 saturated carbocycles. The number of nitrogens with one attached hydrogen (secondary N) is 1. The molecule has 3 heterocycles.